The molecular weight excluding hydrogens is 226 g/mol. The van der Waals surface area contributed by atoms with Crippen LogP contribution >= 0.6 is 0 Å². The van der Waals surface area contributed by atoms with Crippen LogP contribution < -0.4 is 16.0 Å². The molecule has 0 bridgehead atoms. The zero-order valence-corrected chi connectivity index (χ0v) is 10.2. The molecule has 98 valence electrons. The summed E-state index contributed by atoms with van der Waals surface area (Å²) in [5.74, 6) is -1.11. The summed E-state index contributed by atoms with van der Waals surface area (Å²) in [6, 6.07) is -1.67. The molecule has 0 fully saturated rings. The van der Waals surface area contributed by atoms with E-state index >= 15 is 0 Å². The van der Waals surface area contributed by atoms with Crippen molar-refractivity contribution in [3.05, 3.63) is 0 Å². The van der Waals surface area contributed by atoms with Crippen LogP contribution in [0.25, 0.3) is 0 Å². The number of rotatable bonds is 6. The van der Waals surface area contributed by atoms with Crippen LogP contribution in [0.3, 0.4) is 0 Å². The highest BCUT2D eigenvalue weighted by Crippen LogP contribution is 1.86. The van der Waals surface area contributed by atoms with Gasteiger partial charge in [-0.1, -0.05) is 13.8 Å². The molecule has 0 unspecified atom stereocenters. The summed E-state index contributed by atoms with van der Waals surface area (Å²) in [4.78, 5) is 32.8. The summed E-state index contributed by atoms with van der Waals surface area (Å²) in [7, 11) is 0. The molecule has 0 aliphatic heterocycles. The van der Waals surface area contributed by atoms with Crippen molar-refractivity contribution in [2.75, 3.05) is 13.1 Å². The Hall–Kier alpha value is -1.79. The lowest BCUT2D eigenvalue weighted by molar-refractivity contribution is -0.138. The van der Waals surface area contributed by atoms with Gasteiger partial charge < -0.3 is 21.1 Å². The second kappa shape index (κ2) is 7.48. The van der Waals surface area contributed by atoms with E-state index < -0.39 is 18.0 Å². The normalized spacial score (nSPS) is 11.8. The highest BCUT2D eigenvalue weighted by Gasteiger charge is 2.13. The quantitative estimate of drug-likeness (QED) is 0.507. The zero-order valence-electron chi connectivity index (χ0n) is 10.2. The predicted octanol–water partition coefficient (Wildman–Crippen LogP) is -0.469. The van der Waals surface area contributed by atoms with Gasteiger partial charge in [-0.3, -0.25) is 9.59 Å². The maximum absolute atomic E-state index is 11.2. The van der Waals surface area contributed by atoms with Gasteiger partial charge in [0.1, 0.15) is 6.04 Å². The molecule has 0 spiro atoms. The van der Waals surface area contributed by atoms with Gasteiger partial charge in [0.15, 0.2) is 0 Å². The average molecular weight is 245 g/mol. The van der Waals surface area contributed by atoms with E-state index in [2.05, 4.69) is 16.0 Å². The molecule has 0 aromatic rings. The third-order valence-corrected chi connectivity index (χ3v) is 1.84. The minimum absolute atomic E-state index is 0.176. The third-order valence-electron chi connectivity index (χ3n) is 1.84. The molecule has 0 heterocycles. The smallest absolute Gasteiger partial charge is 0.325 e. The van der Waals surface area contributed by atoms with Crippen molar-refractivity contribution in [1.82, 2.24) is 16.0 Å². The Morgan fingerprint density at radius 1 is 1.12 bits per heavy atom. The molecule has 0 radical (unpaired) electrons. The van der Waals surface area contributed by atoms with Crippen LogP contribution in [0.5, 0.6) is 0 Å². The van der Waals surface area contributed by atoms with Crippen molar-refractivity contribution in [2.24, 2.45) is 5.92 Å². The topological polar surface area (TPSA) is 108 Å². The predicted molar refractivity (Wildman–Crippen MR) is 61.5 cm³/mol. The molecule has 0 aliphatic carbocycles. The van der Waals surface area contributed by atoms with Crippen LogP contribution in [-0.2, 0) is 9.59 Å². The minimum atomic E-state index is -1.13. The Morgan fingerprint density at radius 2 is 1.71 bits per heavy atom. The van der Waals surface area contributed by atoms with Gasteiger partial charge in [0, 0.05) is 6.54 Å². The Bertz CT molecular complexity index is 291. The fourth-order valence-electron chi connectivity index (χ4n) is 0.850. The number of carboxylic acid groups (broad SMARTS) is 1. The monoisotopic (exact) mass is 245 g/mol. The highest BCUT2D eigenvalue weighted by atomic mass is 16.4. The van der Waals surface area contributed by atoms with Crippen molar-refractivity contribution >= 4 is 17.9 Å². The number of carbonyl (C=O) groups is 3. The molecule has 1 atom stereocenters. The maximum atomic E-state index is 11.2. The number of amides is 3. The van der Waals surface area contributed by atoms with Gasteiger partial charge in [0.2, 0.25) is 5.91 Å². The van der Waals surface area contributed by atoms with E-state index in [1.807, 2.05) is 13.8 Å². The van der Waals surface area contributed by atoms with Crippen LogP contribution in [0.15, 0.2) is 0 Å². The van der Waals surface area contributed by atoms with Crippen molar-refractivity contribution in [2.45, 2.75) is 26.8 Å². The first-order valence-corrected chi connectivity index (χ1v) is 5.36. The lowest BCUT2D eigenvalue weighted by atomic mass is 10.2. The molecule has 3 amide bonds. The summed E-state index contributed by atoms with van der Waals surface area (Å²) < 4.78 is 0. The first-order valence-electron chi connectivity index (χ1n) is 5.36. The number of hydrogen-bond donors (Lipinski definition) is 4. The van der Waals surface area contributed by atoms with Crippen molar-refractivity contribution < 1.29 is 19.5 Å². The summed E-state index contributed by atoms with van der Waals surface area (Å²) >= 11 is 0. The van der Waals surface area contributed by atoms with Crippen LogP contribution in [0.4, 0.5) is 4.79 Å². The Balaban J connectivity index is 3.77. The van der Waals surface area contributed by atoms with E-state index in [4.69, 9.17) is 5.11 Å². The van der Waals surface area contributed by atoms with Crippen LogP contribution in [0.1, 0.15) is 20.8 Å². The van der Waals surface area contributed by atoms with E-state index in [1.165, 1.54) is 6.92 Å². The number of carboxylic acids is 1. The summed E-state index contributed by atoms with van der Waals surface area (Å²) in [5, 5.41) is 15.6. The van der Waals surface area contributed by atoms with Crippen molar-refractivity contribution in [3.63, 3.8) is 0 Å². The largest absolute Gasteiger partial charge is 0.480 e. The third kappa shape index (κ3) is 8.06. The summed E-state index contributed by atoms with van der Waals surface area (Å²) in [5.41, 5.74) is 0. The second-order valence-corrected chi connectivity index (χ2v) is 4.08. The first kappa shape index (κ1) is 15.2. The fraction of sp³-hybridized carbons (Fsp3) is 0.700. The molecule has 0 rings (SSSR count). The lowest BCUT2D eigenvalue weighted by Gasteiger charge is -2.11. The molecule has 0 aromatic heterocycles. The van der Waals surface area contributed by atoms with Crippen molar-refractivity contribution in [3.8, 4) is 0 Å². The van der Waals surface area contributed by atoms with Gasteiger partial charge in [0.05, 0.1) is 6.54 Å². The molecule has 0 saturated carbocycles. The first-order chi connectivity index (χ1) is 7.82. The van der Waals surface area contributed by atoms with Gasteiger partial charge in [-0.05, 0) is 12.8 Å². The molecule has 17 heavy (non-hydrogen) atoms. The van der Waals surface area contributed by atoms with E-state index in [0.29, 0.717) is 12.5 Å². The minimum Gasteiger partial charge on any atom is -0.480 e. The van der Waals surface area contributed by atoms with E-state index in [0.717, 1.165) is 0 Å². The number of urea groups is 1. The Labute approximate surface area is 100.0 Å². The van der Waals surface area contributed by atoms with E-state index in [1.54, 1.807) is 0 Å². The molecule has 0 aliphatic rings. The highest BCUT2D eigenvalue weighted by molar-refractivity contribution is 5.86. The summed E-state index contributed by atoms with van der Waals surface area (Å²) in [6.45, 7) is 5.60. The second-order valence-electron chi connectivity index (χ2n) is 4.08. The molecule has 4 N–H and O–H groups in total. The molecule has 0 saturated heterocycles. The number of aliphatic carboxylic acids is 1. The van der Waals surface area contributed by atoms with Gasteiger partial charge in [-0.15, -0.1) is 0 Å². The molecule has 7 nitrogen and oxygen atoms in total. The van der Waals surface area contributed by atoms with Crippen LogP contribution in [0, 0.1) is 5.92 Å². The van der Waals surface area contributed by atoms with E-state index in [-0.39, 0.29) is 12.5 Å². The molecular formula is C10H19N3O4. The zero-order chi connectivity index (χ0) is 13.4. The number of nitrogens with one attached hydrogen (secondary N) is 3. The van der Waals surface area contributed by atoms with Gasteiger partial charge >= 0.3 is 12.0 Å². The van der Waals surface area contributed by atoms with Gasteiger partial charge in [0.25, 0.3) is 0 Å². The number of hydrogen-bond acceptors (Lipinski definition) is 3. The Kier molecular flexibility index (Phi) is 6.69. The standard InChI is InChI=1S/C10H19N3O4/c1-6(2)4-11-8(14)5-12-10(17)13-7(3)9(15)16/h6-7H,4-5H2,1-3H3,(H,11,14)(H,15,16)(H2,12,13,17)/t7-/m1/s1. The van der Waals surface area contributed by atoms with Crippen molar-refractivity contribution in [1.29, 1.82) is 0 Å². The SMILES string of the molecule is CC(C)CNC(=O)CNC(=O)N[C@H](C)C(=O)O. The van der Waals surface area contributed by atoms with Crippen LogP contribution in [-0.4, -0.2) is 42.1 Å². The number of carbonyl (C=O) groups excluding carboxylic acids is 2. The van der Waals surface area contributed by atoms with Gasteiger partial charge in [-0.25, -0.2) is 4.79 Å². The molecule has 7 heteroatoms. The lowest BCUT2D eigenvalue weighted by Crippen LogP contribution is -2.47. The Morgan fingerprint density at radius 3 is 2.18 bits per heavy atom. The van der Waals surface area contributed by atoms with Crippen LogP contribution in [0.2, 0.25) is 0 Å². The summed E-state index contributed by atoms with van der Waals surface area (Å²) in [6.07, 6.45) is 0. The van der Waals surface area contributed by atoms with E-state index in [9.17, 15) is 14.4 Å². The fourth-order valence-corrected chi connectivity index (χ4v) is 0.850. The average Bonchev–Trinajstić information content (AvgIpc) is 2.23. The van der Waals surface area contributed by atoms with Gasteiger partial charge in [-0.2, -0.15) is 0 Å². The molecule has 0 aromatic carbocycles. The maximum Gasteiger partial charge on any atom is 0.325 e.